The average Bonchev–Trinajstić information content (AvgIpc) is 2.69. The molecule has 1 aromatic rings. The molecule has 19 heavy (non-hydrogen) atoms. The van der Waals surface area contributed by atoms with Gasteiger partial charge >= 0.3 is 0 Å². The quantitative estimate of drug-likeness (QED) is 0.579. The van der Waals surface area contributed by atoms with Crippen LogP contribution in [0.25, 0.3) is 0 Å². The van der Waals surface area contributed by atoms with E-state index in [9.17, 15) is 0 Å². The first-order valence-corrected chi connectivity index (χ1v) is 7.25. The van der Waals surface area contributed by atoms with E-state index in [1.807, 2.05) is 0 Å². The summed E-state index contributed by atoms with van der Waals surface area (Å²) in [5.74, 6) is 2.21. The molecule has 1 aromatic heterocycles. The molecule has 0 fully saturated rings. The van der Waals surface area contributed by atoms with Crippen molar-refractivity contribution in [2.45, 2.75) is 60.3 Å². The molecule has 0 amide bonds. The molecule has 1 atom stereocenters. The molecule has 1 heterocycles. The number of hydrogen-bond donors (Lipinski definition) is 0. The highest BCUT2D eigenvalue weighted by molar-refractivity contribution is 5.22. The van der Waals surface area contributed by atoms with Gasteiger partial charge in [-0.1, -0.05) is 31.6 Å². The van der Waals surface area contributed by atoms with Gasteiger partial charge < -0.3 is 4.42 Å². The molecule has 0 radical (unpaired) electrons. The predicted octanol–water partition coefficient (Wildman–Crippen LogP) is 5.63. The van der Waals surface area contributed by atoms with Crippen LogP contribution in [0.15, 0.2) is 34.8 Å². The summed E-state index contributed by atoms with van der Waals surface area (Å²) in [4.78, 5) is 0. The second kappa shape index (κ2) is 6.79. The molecule has 0 bridgehead atoms. The SMILES string of the molecule is C=CC(C)(CCC=C(C)C)Cc1oc(CC)cc1C. The van der Waals surface area contributed by atoms with Crippen molar-refractivity contribution in [3.8, 4) is 0 Å². The van der Waals surface area contributed by atoms with Crippen LogP contribution in [0.1, 0.15) is 57.6 Å². The fourth-order valence-electron chi connectivity index (χ4n) is 2.26. The summed E-state index contributed by atoms with van der Waals surface area (Å²) in [7, 11) is 0. The van der Waals surface area contributed by atoms with Gasteiger partial charge in [-0.15, -0.1) is 6.58 Å². The molecule has 0 N–H and O–H groups in total. The Morgan fingerprint density at radius 3 is 2.58 bits per heavy atom. The zero-order chi connectivity index (χ0) is 14.5. The Morgan fingerprint density at radius 1 is 1.42 bits per heavy atom. The van der Waals surface area contributed by atoms with Crippen LogP contribution in [0.4, 0.5) is 0 Å². The molecule has 0 saturated carbocycles. The van der Waals surface area contributed by atoms with Crippen molar-refractivity contribution in [2.75, 3.05) is 0 Å². The van der Waals surface area contributed by atoms with Crippen LogP contribution in [0.3, 0.4) is 0 Å². The molecule has 0 aliphatic rings. The summed E-state index contributed by atoms with van der Waals surface area (Å²) in [5.41, 5.74) is 2.76. The molecule has 1 nitrogen and oxygen atoms in total. The molecule has 0 spiro atoms. The Kier molecular flexibility index (Phi) is 5.65. The minimum absolute atomic E-state index is 0.111. The first kappa shape index (κ1) is 15.8. The maximum absolute atomic E-state index is 5.93. The van der Waals surface area contributed by atoms with Crippen LogP contribution in [0, 0.1) is 12.3 Å². The van der Waals surface area contributed by atoms with Crippen molar-refractivity contribution < 1.29 is 4.42 Å². The van der Waals surface area contributed by atoms with Gasteiger partial charge in [0, 0.05) is 12.8 Å². The van der Waals surface area contributed by atoms with Gasteiger partial charge in [0.2, 0.25) is 0 Å². The Labute approximate surface area is 118 Å². The highest BCUT2D eigenvalue weighted by Gasteiger charge is 2.23. The Morgan fingerprint density at radius 2 is 2.11 bits per heavy atom. The first-order chi connectivity index (χ1) is 8.90. The average molecular weight is 260 g/mol. The van der Waals surface area contributed by atoms with E-state index in [-0.39, 0.29) is 5.41 Å². The monoisotopic (exact) mass is 260 g/mol. The Balaban J connectivity index is 2.76. The second-order valence-corrected chi connectivity index (χ2v) is 6.03. The van der Waals surface area contributed by atoms with E-state index in [4.69, 9.17) is 4.42 Å². The Hall–Kier alpha value is -1.24. The van der Waals surface area contributed by atoms with Gasteiger partial charge in [0.15, 0.2) is 0 Å². The summed E-state index contributed by atoms with van der Waals surface area (Å²) in [6.45, 7) is 14.9. The smallest absolute Gasteiger partial charge is 0.107 e. The minimum atomic E-state index is 0.111. The van der Waals surface area contributed by atoms with Gasteiger partial charge in [-0.05, 0) is 50.7 Å². The topological polar surface area (TPSA) is 13.1 Å². The third kappa shape index (κ3) is 4.74. The molecule has 0 aliphatic heterocycles. The highest BCUT2D eigenvalue weighted by Crippen LogP contribution is 2.32. The van der Waals surface area contributed by atoms with E-state index in [1.165, 1.54) is 11.1 Å². The number of furan rings is 1. The molecule has 0 saturated heterocycles. The lowest BCUT2D eigenvalue weighted by atomic mass is 9.80. The fraction of sp³-hybridized carbons (Fsp3) is 0.556. The molecule has 0 aliphatic carbocycles. The van der Waals surface area contributed by atoms with Crippen molar-refractivity contribution in [1.82, 2.24) is 0 Å². The van der Waals surface area contributed by atoms with Gasteiger partial charge in [-0.2, -0.15) is 0 Å². The maximum atomic E-state index is 5.93. The van der Waals surface area contributed by atoms with Crippen LogP contribution in [0.5, 0.6) is 0 Å². The zero-order valence-electron chi connectivity index (χ0n) is 13.2. The van der Waals surface area contributed by atoms with Crippen molar-refractivity contribution in [3.05, 3.63) is 47.5 Å². The van der Waals surface area contributed by atoms with Crippen LogP contribution >= 0.6 is 0 Å². The van der Waals surface area contributed by atoms with Crippen molar-refractivity contribution in [1.29, 1.82) is 0 Å². The molecule has 1 unspecified atom stereocenters. The molecular weight excluding hydrogens is 232 g/mol. The lowest BCUT2D eigenvalue weighted by Crippen LogP contribution is -2.16. The standard InChI is InChI=1S/C18H28O/c1-7-16-12-15(5)17(19-16)13-18(6,8-2)11-9-10-14(3)4/h8,10,12H,2,7,9,11,13H2,1,3-6H3. The molecule has 1 rings (SSSR count). The normalized spacial score (nSPS) is 13.9. The van der Waals surface area contributed by atoms with Gasteiger partial charge in [0.05, 0.1) is 0 Å². The van der Waals surface area contributed by atoms with E-state index in [1.54, 1.807) is 0 Å². The first-order valence-electron chi connectivity index (χ1n) is 7.25. The van der Waals surface area contributed by atoms with E-state index < -0.39 is 0 Å². The van der Waals surface area contributed by atoms with Gasteiger partial charge in [0.25, 0.3) is 0 Å². The van der Waals surface area contributed by atoms with E-state index in [0.29, 0.717) is 0 Å². The molecular formula is C18H28O. The number of rotatable bonds is 7. The number of allylic oxidation sites excluding steroid dienone is 3. The summed E-state index contributed by atoms with van der Waals surface area (Å²) in [5, 5.41) is 0. The van der Waals surface area contributed by atoms with Gasteiger partial charge in [0.1, 0.15) is 11.5 Å². The van der Waals surface area contributed by atoms with Crippen LogP contribution < -0.4 is 0 Å². The largest absolute Gasteiger partial charge is 0.466 e. The van der Waals surface area contributed by atoms with E-state index >= 15 is 0 Å². The van der Waals surface area contributed by atoms with Crippen molar-refractivity contribution in [3.63, 3.8) is 0 Å². The molecule has 106 valence electrons. The second-order valence-electron chi connectivity index (χ2n) is 6.03. The highest BCUT2D eigenvalue weighted by atomic mass is 16.3. The fourth-order valence-corrected chi connectivity index (χ4v) is 2.26. The third-order valence-electron chi connectivity index (χ3n) is 3.75. The van der Waals surface area contributed by atoms with Crippen LogP contribution in [0.2, 0.25) is 0 Å². The van der Waals surface area contributed by atoms with E-state index in [2.05, 4.69) is 59.4 Å². The lowest BCUT2D eigenvalue weighted by Gasteiger charge is -2.24. The lowest BCUT2D eigenvalue weighted by molar-refractivity contribution is 0.344. The van der Waals surface area contributed by atoms with E-state index in [0.717, 1.165) is 37.2 Å². The minimum Gasteiger partial charge on any atom is -0.466 e. The molecule has 1 heteroatoms. The van der Waals surface area contributed by atoms with Crippen molar-refractivity contribution >= 4 is 0 Å². The summed E-state index contributed by atoms with van der Waals surface area (Å²) in [6.07, 6.45) is 8.50. The zero-order valence-corrected chi connectivity index (χ0v) is 13.2. The summed E-state index contributed by atoms with van der Waals surface area (Å²) >= 11 is 0. The van der Waals surface area contributed by atoms with Crippen LogP contribution in [-0.4, -0.2) is 0 Å². The maximum Gasteiger partial charge on any atom is 0.107 e. The van der Waals surface area contributed by atoms with Gasteiger partial charge in [-0.25, -0.2) is 0 Å². The predicted molar refractivity (Wildman–Crippen MR) is 83.5 cm³/mol. The third-order valence-corrected chi connectivity index (χ3v) is 3.75. The summed E-state index contributed by atoms with van der Waals surface area (Å²) < 4.78 is 5.93. The molecule has 0 aromatic carbocycles. The number of hydrogen-bond acceptors (Lipinski definition) is 1. The van der Waals surface area contributed by atoms with Crippen molar-refractivity contribution in [2.24, 2.45) is 5.41 Å². The van der Waals surface area contributed by atoms with Gasteiger partial charge in [-0.3, -0.25) is 0 Å². The van der Waals surface area contributed by atoms with Crippen LogP contribution in [-0.2, 0) is 12.8 Å². The summed E-state index contributed by atoms with van der Waals surface area (Å²) in [6, 6.07) is 2.16. The number of aryl methyl sites for hydroxylation is 2. The Bertz CT molecular complexity index is 446.